The van der Waals surface area contributed by atoms with Gasteiger partial charge in [0.25, 0.3) is 0 Å². The molecule has 2 aromatic rings. The number of carbonyl (C=O) groups excluding carboxylic acids is 1. The van der Waals surface area contributed by atoms with Crippen LogP contribution in [0.5, 0.6) is 0 Å². The number of aliphatic hydroxyl groups excluding tert-OH is 1. The van der Waals surface area contributed by atoms with E-state index < -0.39 is 16.5 Å². The summed E-state index contributed by atoms with van der Waals surface area (Å²) in [4.78, 5) is 11.6. The molecule has 0 saturated carbocycles. The monoisotopic (exact) mass is 403 g/mol. The highest BCUT2D eigenvalue weighted by Gasteiger charge is 2.55. The van der Waals surface area contributed by atoms with Crippen LogP contribution in [0.4, 0.5) is 14.5 Å². The lowest BCUT2D eigenvalue weighted by molar-refractivity contribution is -0.133. The minimum atomic E-state index is -0.940. The van der Waals surface area contributed by atoms with Crippen LogP contribution < -0.4 is 5.32 Å². The fraction of sp³-hybridized carbons (Fsp3) is 0.300. The molecule has 0 unspecified atom stereocenters. The number of nitrogens with one attached hydrogen (secondary N) is 1. The van der Waals surface area contributed by atoms with Crippen LogP contribution in [0.15, 0.2) is 47.6 Å². The van der Waals surface area contributed by atoms with Gasteiger partial charge in [0.15, 0.2) is 0 Å². The molecule has 2 N–H and O–H groups in total. The molecule has 146 valence electrons. The van der Waals surface area contributed by atoms with E-state index in [9.17, 15) is 18.7 Å². The summed E-state index contributed by atoms with van der Waals surface area (Å²) in [7, 11) is 0. The molecule has 2 atom stereocenters. The van der Waals surface area contributed by atoms with Gasteiger partial charge < -0.3 is 10.4 Å². The molecule has 1 amide bonds. The molecule has 2 aliphatic rings. The molecule has 8 heteroatoms. The SMILES string of the molecule is CC(=O)N1N=C(c2cc(F)ccc2F)S[C@@]12c1ccccc1NC[C@@H]2CCO. The first-order valence-electron chi connectivity index (χ1n) is 8.95. The quantitative estimate of drug-likeness (QED) is 0.823. The third kappa shape index (κ3) is 2.87. The van der Waals surface area contributed by atoms with E-state index in [1.807, 2.05) is 24.3 Å². The second-order valence-corrected chi connectivity index (χ2v) is 8.01. The molecule has 0 fully saturated rings. The summed E-state index contributed by atoms with van der Waals surface area (Å²) in [5.74, 6) is -1.67. The molecule has 4 rings (SSSR count). The molecule has 2 aromatic carbocycles. The maximum atomic E-state index is 14.4. The highest BCUT2D eigenvalue weighted by atomic mass is 32.2. The molecule has 2 heterocycles. The Morgan fingerprint density at radius 2 is 2.14 bits per heavy atom. The third-order valence-corrected chi connectivity index (χ3v) is 6.63. The molecular formula is C20H19F2N3O2S. The summed E-state index contributed by atoms with van der Waals surface area (Å²) in [5.41, 5.74) is 1.70. The topological polar surface area (TPSA) is 64.9 Å². The summed E-state index contributed by atoms with van der Waals surface area (Å²) < 4.78 is 28.2. The molecule has 0 aliphatic carbocycles. The first-order chi connectivity index (χ1) is 13.5. The average molecular weight is 403 g/mol. The van der Waals surface area contributed by atoms with Crippen molar-refractivity contribution < 1.29 is 18.7 Å². The van der Waals surface area contributed by atoms with Crippen LogP contribution in [0.25, 0.3) is 0 Å². The van der Waals surface area contributed by atoms with Crippen molar-refractivity contribution in [2.75, 3.05) is 18.5 Å². The maximum absolute atomic E-state index is 14.4. The molecular weight excluding hydrogens is 384 g/mol. The van der Waals surface area contributed by atoms with Gasteiger partial charge in [-0.05, 0) is 30.7 Å². The van der Waals surface area contributed by atoms with Crippen molar-refractivity contribution in [3.05, 3.63) is 65.2 Å². The van der Waals surface area contributed by atoms with Crippen LogP contribution in [-0.4, -0.2) is 34.2 Å². The smallest absolute Gasteiger partial charge is 0.241 e. The Hall–Kier alpha value is -2.45. The Morgan fingerprint density at radius 1 is 1.36 bits per heavy atom. The normalized spacial score (nSPS) is 23.4. The lowest BCUT2D eigenvalue weighted by Gasteiger charge is -2.45. The van der Waals surface area contributed by atoms with Crippen molar-refractivity contribution in [1.29, 1.82) is 0 Å². The molecule has 0 aromatic heterocycles. The molecule has 5 nitrogen and oxygen atoms in total. The molecule has 0 bridgehead atoms. The van der Waals surface area contributed by atoms with Crippen LogP contribution in [0.3, 0.4) is 0 Å². The highest BCUT2D eigenvalue weighted by molar-refractivity contribution is 8.15. The number of carbonyl (C=O) groups is 1. The van der Waals surface area contributed by atoms with E-state index in [0.29, 0.717) is 13.0 Å². The Balaban J connectivity index is 1.89. The van der Waals surface area contributed by atoms with Gasteiger partial charge in [0.1, 0.15) is 21.5 Å². The minimum absolute atomic E-state index is 0.0203. The van der Waals surface area contributed by atoms with Crippen molar-refractivity contribution in [1.82, 2.24) is 5.01 Å². The Bertz CT molecular complexity index is 968. The van der Waals surface area contributed by atoms with Gasteiger partial charge in [-0.2, -0.15) is 5.10 Å². The van der Waals surface area contributed by atoms with E-state index >= 15 is 0 Å². The van der Waals surface area contributed by atoms with E-state index in [-0.39, 0.29) is 29.0 Å². The van der Waals surface area contributed by atoms with E-state index in [1.54, 1.807) is 0 Å². The third-order valence-electron chi connectivity index (χ3n) is 5.10. The van der Waals surface area contributed by atoms with Crippen LogP contribution in [0.1, 0.15) is 24.5 Å². The van der Waals surface area contributed by atoms with Crippen molar-refractivity contribution in [3.63, 3.8) is 0 Å². The fourth-order valence-electron chi connectivity index (χ4n) is 3.87. The first-order valence-corrected chi connectivity index (χ1v) is 9.77. The number of rotatable bonds is 3. The lowest BCUT2D eigenvalue weighted by atomic mass is 9.84. The molecule has 0 radical (unpaired) electrons. The van der Waals surface area contributed by atoms with E-state index in [0.717, 1.165) is 29.4 Å². The van der Waals surface area contributed by atoms with Crippen molar-refractivity contribution >= 4 is 28.4 Å². The summed E-state index contributed by atoms with van der Waals surface area (Å²) >= 11 is 1.23. The maximum Gasteiger partial charge on any atom is 0.241 e. The molecule has 0 saturated heterocycles. The number of aliphatic hydroxyl groups is 1. The van der Waals surface area contributed by atoms with E-state index in [4.69, 9.17) is 0 Å². The van der Waals surface area contributed by atoms with Gasteiger partial charge in [0.05, 0.1) is 0 Å². The summed E-state index contributed by atoms with van der Waals surface area (Å²) in [6.45, 7) is 1.85. The van der Waals surface area contributed by atoms with Crippen LogP contribution in [-0.2, 0) is 9.67 Å². The number of hydrogen-bond donors (Lipinski definition) is 2. The average Bonchev–Trinajstić information content (AvgIpc) is 3.08. The van der Waals surface area contributed by atoms with Crippen molar-refractivity contribution in [2.24, 2.45) is 11.0 Å². The predicted molar refractivity (Wildman–Crippen MR) is 105 cm³/mol. The number of hydrazone groups is 1. The first kappa shape index (κ1) is 18.9. The van der Waals surface area contributed by atoms with Crippen LogP contribution in [0.2, 0.25) is 0 Å². The van der Waals surface area contributed by atoms with Gasteiger partial charge in [-0.15, -0.1) is 0 Å². The number of amides is 1. The number of hydrogen-bond acceptors (Lipinski definition) is 5. The van der Waals surface area contributed by atoms with Gasteiger partial charge in [-0.1, -0.05) is 30.0 Å². The number of fused-ring (bicyclic) bond motifs is 2. The summed E-state index contributed by atoms with van der Waals surface area (Å²) in [6, 6.07) is 10.7. The number of anilines is 1. The molecule has 28 heavy (non-hydrogen) atoms. The number of nitrogens with zero attached hydrogens (tertiary/aromatic N) is 2. The van der Waals surface area contributed by atoms with Gasteiger partial charge in [0.2, 0.25) is 5.91 Å². The number of halogens is 2. The zero-order chi connectivity index (χ0) is 19.9. The Morgan fingerprint density at radius 3 is 2.89 bits per heavy atom. The largest absolute Gasteiger partial charge is 0.396 e. The Labute approximate surface area is 165 Å². The van der Waals surface area contributed by atoms with E-state index in [1.165, 1.54) is 23.7 Å². The fourth-order valence-corrected chi connectivity index (χ4v) is 5.47. The Kier molecular flexibility index (Phi) is 4.84. The van der Waals surface area contributed by atoms with Crippen molar-refractivity contribution in [2.45, 2.75) is 18.2 Å². The van der Waals surface area contributed by atoms with Crippen LogP contribution >= 0.6 is 11.8 Å². The van der Waals surface area contributed by atoms with Crippen molar-refractivity contribution in [3.8, 4) is 0 Å². The summed E-state index contributed by atoms with van der Waals surface area (Å²) in [6.07, 6.45) is 0.423. The van der Waals surface area contributed by atoms with Gasteiger partial charge in [-0.25, -0.2) is 13.8 Å². The van der Waals surface area contributed by atoms with E-state index in [2.05, 4.69) is 10.4 Å². The number of benzene rings is 2. The van der Waals surface area contributed by atoms with Gasteiger partial charge in [0, 0.05) is 42.8 Å². The zero-order valence-corrected chi connectivity index (χ0v) is 16.0. The second-order valence-electron chi connectivity index (χ2n) is 6.79. The summed E-state index contributed by atoms with van der Waals surface area (Å²) in [5, 5.41) is 19.0. The van der Waals surface area contributed by atoms with Gasteiger partial charge >= 0.3 is 0 Å². The van der Waals surface area contributed by atoms with Crippen LogP contribution in [0, 0.1) is 17.6 Å². The number of thioether (sulfide) groups is 1. The standard InChI is InChI=1S/C20H19F2N3O2S/c1-12(27)25-20(28-19(24-25)15-10-14(21)6-7-17(15)22)13(8-9-26)11-23-18-5-3-2-4-16(18)20/h2-7,10,13,23,26H,8-9,11H2,1H3/t13-,20-/m0/s1. The molecule has 2 aliphatic heterocycles. The zero-order valence-electron chi connectivity index (χ0n) is 15.2. The second kappa shape index (κ2) is 7.18. The minimum Gasteiger partial charge on any atom is -0.396 e. The lowest BCUT2D eigenvalue weighted by Crippen LogP contribution is -2.51. The number of para-hydroxylation sites is 1. The van der Waals surface area contributed by atoms with Gasteiger partial charge in [-0.3, -0.25) is 4.79 Å². The predicted octanol–water partition coefficient (Wildman–Crippen LogP) is 3.50. The molecule has 1 spiro atoms. The highest BCUT2D eigenvalue weighted by Crippen LogP contribution is 2.56.